The average Bonchev–Trinajstić information content (AvgIpc) is 2.80. The van der Waals surface area contributed by atoms with Gasteiger partial charge in [-0.2, -0.15) is 0 Å². The maximum atomic E-state index is 13.0. The fraction of sp³-hybridized carbons (Fsp3) is 0.154. The maximum absolute atomic E-state index is 13.0. The zero-order valence-electron chi connectivity index (χ0n) is 18.1. The molecular formula is C26H23NO5. The topological polar surface area (TPSA) is 77.8 Å². The van der Waals surface area contributed by atoms with Gasteiger partial charge in [0, 0.05) is 17.3 Å². The van der Waals surface area contributed by atoms with Crippen molar-refractivity contribution in [3.8, 4) is 22.6 Å². The Morgan fingerprint density at radius 2 is 1.81 bits per heavy atom. The molecule has 0 atom stereocenters. The number of anilines is 1. The molecule has 0 aliphatic carbocycles. The molecule has 4 rings (SSSR count). The Morgan fingerprint density at radius 1 is 1.00 bits per heavy atom. The molecule has 0 radical (unpaired) electrons. The summed E-state index contributed by atoms with van der Waals surface area (Å²) >= 11 is 0. The number of hydrogen-bond acceptors (Lipinski definition) is 5. The van der Waals surface area contributed by atoms with Crippen LogP contribution >= 0.6 is 0 Å². The molecule has 0 bridgehead atoms. The van der Waals surface area contributed by atoms with Crippen molar-refractivity contribution in [2.24, 2.45) is 0 Å². The number of carbonyl (C=O) groups excluding carboxylic acids is 1. The quantitative estimate of drug-likeness (QED) is 0.461. The van der Waals surface area contributed by atoms with Crippen molar-refractivity contribution in [2.75, 3.05) is 19.0 Å². The Morgan fingerprint density at radius 3 is 2.59 bits per heavy atom. The third-order valence-electron chi connectivity index (χ3n) is 5.17. The van der Waals surface area contributed by atoms with E-state index in [4.69, 9.17) is 13.9 Å². The van der Waals surface area contributed by atoms with E-state index >= 15 is 0 Å². The van der Waals surface area contributed by atoms with Crippen molar-refractivity contribution in [2.45, 2.75) is 13.8 Å². The highest BCUT2D eigenvalue weighted by Gasteiger charge is 2.14. The predicted octanol–water partition coefficient (Wildman–Crippen LogP) is 5.10. The summed E-state index contributed by atoms with van der Waals surface area (Å²) in [6.45, 7) is 3.77. The van der Waals surface area contributed by atoms with Gasteiger partial charge in [0.25, 0.3) is 5.91 Å². The van der Waals surface area contributed by atoms with Crippen LogP contribution in [0.3, 0.4) is 0 Å². The molecule has 6 nitrogen and oxygen atoms in total. The lowest BCUT2D eigenvalue weighted by Gasteiger charge is -2.11. The van der Waals surface area contributed by atoms with Crippen LogP contribution in [0, 0.1) is 13.8 Å². The third-order valence-corrected chi connectivity index (χ3v) is 5.17. The van der Waals surface area contributed by atoms with E-state index in [2.05, 4.69) is 5.32 Å². The van der Waals surface area contributed by atoms with Gasteiger partial charge in [0.1, 0.15) is 23.3 Å². The van der Waals surface area contributed by atoms with Gasteiger partial charge >= 0.3 is 0 Å². The van der Waals surface area contributed by atoms with Crippen LogP contribution in [0.5, 0.6) is 11.5 Å². The number of amides is 1. The SMILES string of the molecule is COc1ccccc1-c1coc2cc(OCC(=O)Nc3ccc(C)cc3C)ccc2c1=O. The summed E-state index contributed by atoms with van der Waals surface area (Å²) in [5.41, 5.74) is 4.14. The number of methoxy groups -OCH3 is 1. The van der Waals surface area contributed by atoms with Gasteiger partial charge < -0.3 is 19.2 Å². The molecule has 6 heteroatoms. The van der Waals surface area contributed by atoms with Gasteiger partial charge in [0.15, 0.2) is 6.61 Å². The van der Waals surface area contributed by atoms with Gasteiger partial charge in [-0.3, -0.25) is 9.59 Å². The van der Waals surface area contributed by atoms with Crippen molar-refractivity contribution in [3.05, 3.63) is 88.3 Å². The molecule has 0 aliphatic heterocycles. The second kappa shape index (κ2) is 8.98. The molecule has 0 saturated carbocycles. The molecule has 0 fully saturated rings. The number of fused-ring (bicyclic) bond motifs is 1. The van der Waals surface area contributed by atoms with Crippen molar-refractivity contribution in [1.82, 2.24) is 0 Å². The summed E-state index contributed by atoms with van der Waals surface area (Å²) in [5.74, 6) is 0.750. The molecule has 0 unspecified atom stereocenters. The predicted molar refractivity (Wildman–Crippen MR) is 125 cm³/mol. The van der Waals surface area contributed by atoms with Gasteiger partial charge in [-0.05, 0) is 43.7 Å². The fourth-order valence-electron chi connectivity index (χ4n) is 3.54. The molecule has 1 amide bonds. The fourth-order valence-corrected chi connectivity index (χ4v) is 3.54. The summed E-state index contributed by atoms with van der Waals surface area (Å²) in [4.78, 5) is 25.3. The maximum Gasteiger partial charge on any atom is 0.262 e. The molecule has 1 aromatic heterocycles. The second-order valence-electron chi connectivity index (χ2n) is 7.49. The molecule has 0 saturated heterocycles. The smallest absolute Gasteiger partial charge is 0.262 e. The Balaban J connectivity index is 1.52. The second-order valence-corrected chi connectivity index (χ2v) is 7.49. The van der Waals surface area contributed by atoms with Crippen molar-refractivity contribution in [1.29, 1.82) is 0 Å². The molecule has 0 aliphatic rings. The highest BCUT2D eigenvalue weighted by molar-refractivity contribution is 5.92. The summed E-state index contributed by atoms with van der Waals surface area (Å²) in [5, 5.41) is 3.26. The Hall–Kier alpha value is -4.06. The number of hydrogen-bond donors (Lipinski definition) is 1. The zero-order valence-corrected chi connectivity index (χ0v) is 18.1. The first-order chi connectivity index (χ1) is 15.5. The number of ether oxygens (including phenoxy) is 2. The van der Waals surface area contributed by atoms with Crippen molar-refractivity contribution in [3.63, 3.8) is 0 Å². The van der Waals surface area contributed by atoms with E-state index in [1.807, 2.05) is 50.2 Å². The number of carbonyl (C=O) groups is 1. The zero-order chi connectivity index (χ0) is 22.7. The van der Waals surface area contributed by atoms with Crippen LogP contribution in [0.4, 0.5) is 5.69 Å². The minimum absolute atomic E-state index is 0.164. The molecular weight excluding hydrogens is 406 g/mol. The number of aryl methyl sites for hydroxylation is 2. The lowest BCUT2D eigenvalue weighted by molar-refractivity contribution is -0.118. The number of nitrogens with one attached hydrogen (secondary N) is 1. The lowest BCUT2D eigenvalue weighted by Crippen LogP contribution is -2.20. The van der Waals surface area contributed by atoms with Crippen LogP contribution in [0.1, 0.15) is 11.1 Å². The van der Waals surface area contributed by atoms with Gasteiger partial charge in [0.05, 0.1) is 18.1 Å². The van der Waals surface area contributed by atoms with Gasteiger partial charge in [0.2, 0.25) is 5.43 Å². The minimum Gasteiger partial charge on any atom is -0.496 e. The standard InChI is InChI=1S/C26H23NO5/c1-16-8-11-22(17(2)12-16)27-25(28)15-31-18-9-10-20-24(13-18)32-14-21(26(20)29)19-6-4-5-7-23(19)30-3/h4-14H,15H2,1-3H3,(H,27,28). The van der Waals surface area contributed by atoms with Gasteiger partial charge in [-0.15, -0.1) is 0 Å². The highest BCUT2D eigenvalue weighted by atomic mass is 16.5. The van der Waals surface area contributed by atoms with E-state index in [-0.39, 0.29) is 17.9 Å². The van der Waals surface area contributed by atoms with E-state index in [1.165, 1.54) is 6.26 Å². The van der Waals surface area contributed by atoms with E-state index in [9.17, 15) is 9.59 Å². The molecule has 4 aromatic rings. The van der Waals surface area contributed by atoms with E-state index in [1.54, 1.807) is 31.4 Å². The van der Waals surface area contributed by atoms with E-state index < -0.39 is 0 Å². The lowest BCUT2D eigenvalue weighted by atomic mass is 10.0. The van der Waals surface area contributed by atoms with E-state index in [0.29, 0.717) is 33.6 Å². The van der Waals surface area contributed by atoms with Crippen LogP contribution in [0.2, 0.25) is 0 Å². The van der Waals surface area contributed by atoms with Crippen molar-refractivity contribution >= 4 is 22.6 Å². The number of benzene rings is 3. The van der Waals surface area contributed by atoms with Crippen LogP contribution in [0.25, 0.3) is 22.1 Å². The molecule has 162 valence electrons. The summed E-state index contributed by atoms with van der Waals surface area (Å²) in [6.07, 6.45) is 1.42. The summed E-state index contributed by atoms with van der Waals surface area (Å²) in [6, 6.07) is 18.0. The normalized spacial score (nSPS) is 10.7. The molecule has 0 spiro atoms. The molecule has 32 heavy (non-hydrogen) atoms. The summed E-state index contributed by atoms with van der Waals surface area (Å²) < 4.78 is 16.7. The largest absolute Gasteiger partial charge is 0.496 e. The number of rotatable bonds is 6. The van der Waals surface area contributed by atoms with Crippen LogP contribution in [0.15, 0.2) is 76.1 Å². The first-order valence-electron chi connectivity index (χ1n) is 10.1. The molecule has 1 N–H and O–H groups in total. The Labute approximate surface area is 185 Å². The molecule has 3 aromatic carbocycles. The third kappa shape index (κ3) is 4.34. The Kier molecular flexibility index (Phi) is 5.94. The van der Waals surface area contributed by atoms with Gasteiger partial charge in [-0.25, -0.2) is 0 Å². The first kappa shape index (κ1) is 21.2. The van der Waals surface area contributed by atoms with Crippen LogP contribution in [-0.2, 0) is 4.79 Å². The van der Waals surface area contributed by atoms with E-state index in [0.717, 1.165) is 16.8 Å². The first-order valence-corrected chi connectivity index (χ1v) is 10.1. The monoisotopic (exact) mass is 429 g/mol. The van der Waals surface area contributed by atoms with Gasteiger partial charge in [-0.1, -0.05) is 35.9 Å². The average molecular weight is 429 g/mol. The van der Waals surface area contributed by atoms with Crippen molar-refractivity contribution < 1.29 is 18.7 Å². The summed E-state index contributed by atoms with van der Waals surface area (Å²) in [7, 11) is 1.56. The van der Waals surface area contributed by atoms with Crippen LogP contribution in [-0.4, -0.2) is 19.6 Å². The molecule has 1 heterocycles. The highest BCUT2D eigenvalue weighted by Crippen LogP contribution is 2.29. The Bertz CT molecular complexity index is 1360. The van der Waals surface area contributed by atoms with Crippen LogP contribution < -0.4 is 20.2 Å². The number of para-hydroxylation sites is 1. The minimum atomic E-state index is -0.273.